The first kappa shape index (κ1) is 25.5. The van der Waals surface area contributed by atoms with E-state index in [1.165, 1.54) is 24.3 Å². The molecule has 0 spiro atoms. The standard InChI is InChI=1S/C30H24F6/c1-3-19-8-10-21(11-9-19)23-12-14-27(29(31,32)33)25(17-23)26-18-24(13-15-28(26)30(34,35)36)22-7-5-6-20(4-2)16-22/h5-18H,3-4H2,1-2H3. The minimum atomic E-state index is -4.83. The third-order valence-corrected chi connectivity index (χ3v) is 6.30. The van der Waals surface area contributed by atoms with Crippen LogP contribution < -0.4 is 0 Å². The average molecular weight is 499 g/mol. The smallest absolute Gasteiger partial charge is 0.166 e. The van der Waals surface area contributed by atoms with Gasteiger partial charge < -0.3 is 0 Å². The monoisotopic (exact) mass is 498 g/mol. The molecule has 6 heteroatoms. The lowest BCUT2D eigenvalue weighted by molar-refractivity contribution is -0.139. The molecule has 0 N–H and O–H groups in total. The highest BCUT2D eigenvalue weighted by Crippen LogP contribution is 2.45. The van der Waals surface area contributed by atoms with E-state index in [0.717, 1.165) is 36.1 Å². The maximum absolute atomic E-state index is 14.0. The van der Waals surface area contributed by atoms with Gasteiger partial charge >= 0.3 is 12.4 Å². The quantitative estimate of drug-likeness (QED) is 0.240. The highest BCUT2D eigenvalue weighted by molar-refractivity contribution is 5.82. The van der Waals surface area contributed by atoms with Gasteiger partial charge in [-0.25, -0.2) is 0 Å². The van der Waals surface area contributed by atoms with Gasteiger partial charge in [0.25, 0.3) is 0 Å². The van der Waals surface area contributed by atoms with Gasteiger partial charge in [-0.15, -0.1) is 0 Å². The Balaban J connectivity index is 1.98. The van der Waals surface area contributed by atoms with Crippen LogP contribution in [0.4, 0.5) is 26.3 Å². The number of rotatable bonds is 5. The maximum atomic E-state index is 14.0. The van der Waals surface area contributed by atoms with E-state index in [9.17, 15) is 26.3 Å². The highest BCUT2D eigenvalue weighted by Gasteiger charge is 2.38. The molecule has 0 aliphatic carbocycles. The average Bonchev–Trinajstić information content (AvgIpc) is 2.87. The molecule has 0 unspecified atom stereocenters. The van der Waals surface area contributed by atoms with Crippen LogP contribution in [0, 0.1) is 0 Å². The number of alkyl halides is 6. The van der Waals surface area contributed by atoms with Gasteiger partial charge in [0.1, 0.15) is 0 Å². The van der Waals surface area contributed by atoms with Crippen LogP contribution in [0.15, 0.2) is 84.9 Å². The molecular weight excluding hydrogens is 474 g/mol. The summed E-state index contributed by atoms with van der Waals surface area (Å²) >= 11 is 0. The third-order valence-electron chi connectivity index (χ3n) is 6.30. The number of hydrogen-bond donors (Lipinski definition) is 0. The van der Waals surface area contributed by atoms with Crippen LogP contribution in [-0.4, -0.2) is 0 Å². The van der Waals surface area contributed by atoms with Crippen LogP contribution in [0.3, 0.4) is 0 Å². The summed E-state index contributed by atoms with van der Waals surface area (Å²) in [7, 11) is 0. The summed E-state index contributed by atoms with van der Waals surface area (Å²) in [6.07, 6.45) is -8.15. The van der Waals surface area contributed by atoms with Gasteiger partial charge in [-0.2, -0.15) is 26.3 Å². The molecule has 186 valence electrons. The van der Waals surface area contributed by atoms with Gasteiger partial charge in [0.05, 0.1) is 11.1 Å². The van der Waals surface area contributed by atoms with Crippen LogP contribution in [0.25, 0.3) is 33.4 Å². The van der Waals surface area contributed by atoms with Crippen LogP contribution in [0.5, 0.6) is 0 Å². The third kappa shape index (κ3) is 5.32. The molecule has 0 bridgehead atoms. The summed E-state index contributed by atoms with van der Waals surface area (Å²) < 4.78 is 84.2. The summed E-state index contributed by atoms with van der Waals surface area (Å²) in [5.41, 5.74) is 0.901. The van der Waals surface area contributed by atoms with E-state index < -0.39 is 34.6 Å². The normalized spacial score (nSPS) is 12.1. The predicted octanol–water partition coefficient (Wildman–Crippen LogP) is 9.85. The zero-order chi connectivity index (χ0) is 26.1. The van der Waals surface area contributed by atoms with Crippen LogP contribution >= 0.6 is 0 Å². The largest absolute Gasteiger partial charge is 0.417 e. The van der Waals surface area contributed by atoms with E-state index >= 15 is 0 Å². The molecule has 0 aliphatic heterocycles. The van der Waals surface area contributed by atoms with Gasteiger partial charge in [-0.05, 0) is 81.6 Å². The zero-order valence-electron chi connectivity index (χ0n) is 19.8. The second kappa shape index (κ2) is 9.84. The van der Waals surface area contributed by atoms with Crippen molar-refractivity contribution in [3.8, 4) is 33.4 Å². The van der Waals surface area contributed by atoms with Gasteiger partial charge in [-0.3, -0.25) is 0 Å². The van der Waals surface area contributed by atoms with E-state index in [1.807, 2.05) is 38.1 Å². The molecule has 0 saturated heterocycles. The maximum Gasteiger partial charge on any atom is 0.417 e. The van der Waals surface area contributed by atoms with E-state index in [-0.39, 0.29) is 0 Å². The minimum absolute atomic E-state index is 0.409. The van der Waals surface area contributed by atoms with Crippen molar-refractivity contribution in [3.05, 3.63) is 107 Å². The Morgan fingerprint density at radius 1 is 0.472 bits per heavy atom. The first-order valence-electron chi connectivity index (χ1n) is 11.6. The fourth-order valence-corrected chi connectivity index (χ4v) is 4.29. The number of halogens is 6. The Labute approximate surface area is 206 Å². The summed E-state index contributed by atoms with van der Waals surface area (Å²) in [5, 5.41) is 0. The Bertz CT molecular complexity index is 1360. The van der Waals surface area contributed by atoms with Gasteiger partial charge in [0, 0.05) is 0 Å². The fourth-order valence-electron chi connectivity index (χ4n) is 4.29. The molecule has 0 fully saturated rings. The molecule has 0 nitrogen and oxygen atoms in total. The highest BCUT2D eigenvalue weighted by atomic mass is 19.4. The second-order valence-electron chi connectivity index (χ2n) is 8.62. The molecule has 0 aromatic heterocycles. The fraction of sp³-hybridized carbons (Fsp3) is 0.200. The van der Waals surface area contributed by atoms with Crippen LogP contribution in [-0.2, 0) is 25.2 Å². The van der Waals surface area contributed by atoms with Gasteiger partial charge in [-0.1, -0.05) is 74.5 Å². The Kier molecular flexibility index (Phi) is 6.98. The lowest BCUT2D eigenvalue weighted by atomic mass is 9.89. The van der Waals surface area contributed by atoms with E-state index in [2.05, 4.69) is 0 Å². The number of benzene rings is 4. The van der Waals surface area contributed by atoms with Crippen molar-refractivity contribution in [2.24, 2.45) is 0 Å². The topological polar surface area (TPSA) is 0 Å². The molecule has 4 aromatic carbocycles. The van der Waals surface area contributed by atoms with Crippen molar-refractivity contribution < 1.29 is 26.3 Å². The summed E-state index contributed by atoms with van der Waals surface area (Å²) in [6, 6.07) is 21.3. The molecule has 0 heterocycles. The Morgan fingerprint density at radius 3 is 1.39 bits per heavy atom. The van der Waals surface area contributed by atoms with E-state index in [0.29, 0.717) is 22.3 Å². The Hall–Kier alpha value is -3.54. The van der Waals surface area contributed by atoms with E-state index in [4.69, 9.17) is 0 Å². The second-order valence-corrected chi connectivity index (χ2v) is 8.62. The van der Waals surface area contributed by atoms with Crippen molar-refractivity contribution >= 4 is 0 Å². The lowest BCUT2D eigenvalue weighted by Gasteiger charge is -2.20. The van der Waals surface area contributed by atoms with Gasteiger partial charge in [0.2, 0.25) is 0 Å². The SMILES string of the molecule is CCc1ccc(-c2ccc(C(F)(F)F)c(-c3cc(-c4cccc(CC)c4)ccc3C(F)(F)F)c2)cc1. The lowest BCUT2D eigenvalue weighted by Crippen LogP contribution is -2.11. The zero-order valence-corrected chi connectivity index (χ0v) is 19.8. The molecule has 4 rings (SSSR count). The summed E-state index contributed by atoms with van der Waals surface area (Å²) in [6.45, 7) is 3.93. The molecule has 0 radical (unpaired) electrons. The molecule has 0 saturated carbocycles. The number of aryl methyl sites for hydroxylation is 2. The van der Waals surface area contributed by atoms with Crippen LogP contribution in [0.1, 0.15) is 36.1 Å². The van der Waals surface area contributed by atoms with E-state index in [1.54, 1.807) is 24.3 Å². The van der Waals surface area contributed by atoms with Crippen LogP contribution in [0.2, 0.25) is 0 Å². The summed E-state index contributed by atoms with van der Waals surface area (Å²) in [5.74, 6) is 0. The first-order chi connectivity index (χ1) is 17.0. The molecule has 0 aliphatic rings. The van der Waals surface area contributed by atoms with Crippen molar-refractivity contribution in [1.29, 1.82) is 0 Å². The predicted molar refractivity (Wildman–Crippen MR) is 132 cm³/mol. The molecule has 4 aromatic rings. The van der Waals surface area contributed by atoms with Crippen molar-refractivity contribution in [2.75, 3.05) is 0 Å². The first-order valence-corrected chi connectivity index (χ1v) is 11.6. The summed E-state index contributed by atoms with van der Waals surface area (Å²) in [4.78, 5) is 0. The number of hydrogen-bond acceptors (Lipinski definition) is 0. The van der Waals surface area contributed by atoms with Gasteiger partial charge in [0.15, 0.2) is 0 Å². The van der Waals surface area contributed by atoms with Crippen molar-refractivity contribution in [1.82, 2.24) is 0 Å². The van der Waals surface area contributed by atoms with Crippen molar-refractivity contribution in [3.63, 3.8) is 0 Å². The molecule has 0 atom stereocenters. The minimum Gasteiger partial charge on any atom is -0.166 e. The Morgan fingerprint density at radius 2 is 0.917 bits per heavy atom. The molecular formula is C30H24F6. The molecule has 0 amide bonds. The molecule has 36 heavy (non-hydrogen) atoms. The van der Waals surface area contributed by atoms with Crippen molar-refractivity contribution in [2.45, 2.75) is 39.0 Å².